The van der Waals surface area contributed by atoms with Gasteiger partial charge >= 0.3 is 5.69 Å². The maximum atomic E-state index is 14.1. The summed E-state index contributed by atoms with van der Waals surface area (Å²) in [4.78, 5) is 40.9. The fraction of sp³-hybridized carbons (Fsp3) is 0.300. The summed E-state index contributed by atoms with van der Waals surface area (Å²) in [6.07, 6.45) is 2.81. The monoisotopic (exact) mass is 414 g/mol. The number of hydrogen-bond donors (Lipinski definition) is 2. The van der Waals surface area contributed by atoms with Crippen molar-refractivity contribution in [2.45, 2.75) is 33.2 Å². The number of hydrogen-bond acceptors (Lipinski definition) is 5. The summed E-state index contributed by atoms with van der Waals surface area (Å²) >= 11 is 0. The molecule has 3 rings (SSSR count). The van der Waals surface area contributed by atoms with Crippen molar-refractivity contribution in [1.29, 1.82) is 0 Å². The second kappa shape index (κ2) is 8.36. The molecule has 0 saturated carbocycles. The number of aromatic amines is 1. The molecule has 30 heavy (non-hydrogen) atoms. The Hall–Kier alpha value is -3.69. The van der Waals surface area contributed by atoms with Crippen LogP contribution in [0.4, 0.5) is 15.9 Å². The minimum absolute atomic E-state index is 0.0906. The van der Waals surface area contributed by atoms with Crippen LogP contribution in [-0.2, 0) is 6.54 Å². The number of nitrogens with one attached hydrogen (secondary N) is 1. The van der Waals surface area contributed by atoms with Gasteiger partial charge in [0.05, 0.1) is 17.5 Å². The Balaban J connectivity index is 2.03. The number of rotatable bonds is 6. The third kappa shape index (κ3) is 3.63. The molecule has 10 heteroatoms. The van der Waals surface area contributed by atoms with Crippen molar-refractivity contribution in [1.82, 2.24) is 19.3 Å². The molecule has 0 aliphatic rings. The topological polar surface area (TPSA) is 119 Å². The SMILES string of the molecule is CCCCn1c(N)c(N(C)C(=O)c2cnn(-c3ccccc3F)c2C)c(=O)[nH]c1=O. The molecular weight excluding hydrogens is 391 g/mol. The molecule has 2 aromatic heterocycles. The van der Waals surface area contributed by atoms with Gasteiger partial charge in [0.2, 0.25) is 0 Å². The molecule has 0 bridgehead atoms. The van der Waals surface area contributed by atoms with E-state index < -0.39 is 23.0 Å². The number of para-hydroxylation sites is 1. The number of halogens is 1. The van der Waals surface area contributed by atoms with Crippen LogP contribution in [0, 0.1) is 12.7 Å². The lowest BCUT2D eigenvalue weighted by atomic mass is 10.2. The third-order valence-electron chi connectivity index (χ3n) is 4.91. The Bertz CT molecular complexity index is 1210. The zero-order valence-electron chi connectivity index (χ0n) is 17.0. The predicted molar refractivity (Wildman–Crippen MR) is 112 cm³/mol. The molecule has 3 aromatic rings. The van der Waals surface area contributed by atoms with E-state index in [4.69, 9.17) is 5.73 Å². The second-order valence-corrected chi connectivity index (χ2v) is 6.87. The minimum Gasteiger partial charge on any atom is -0.383 e. The Morgan fingerprint density at radius 2 is 2.00 bits per heavy atom. The van der Waals surface area contributed by atoms with Crippen LogP contribution in [0.1, 0.15) is 35.8 Å². The fourth-order valence-electron chi connectivity index (χ4n) is 3.21. The number of unbranched alkanes of at least 4 members (excludes halogenated alkanes) is 1. The molecule has 158 valence electrons. The molecule has 3 N–H and O–H groups in total. The van der Waals surface area contributed by atoms with E-state index >= 15 is 0 Å². The maximum absolute atomic E-state index is 14.1. The summed E-state index contributed by atoms with van der Waals surface area (Å²) in [5.41, 5.74) is 5.32. The number of nitrogens with zero attached hydrogens (tertiary/aromatic N) is 4. The largest absolute Gasteiger partial charge is 0.383 e. The van der Waals surface area contributed by atoms with Gasteiger partial charge in [-0.25, -0.2) is 13.9 Å². The Kier molecular flexibility index (Phi) is 5.86. The highest BCUT2D eigenvalue weighted by molar-refractivity contribution is 6.07. The average Bonchev–Trinajstić information content (AvgIpc) is 3.08. The molecule has 0 atom stereocenters. The standard InChI is InChI=1S/C20H23FN6O3/c1-4-5-10-26-17(22)16(18(28)24-20(26)30)25(3)19(29)13-11-23-27(12(13)2)15-9-7-6-8-14(15)21/h6-9,11H,4-5,10,22H2,1-3H3,(H,24,28,30). The molecular formula is C20H23FN6O3. The highest BCUT2D eigenvalue weighted by Crippen LogP contribution is 2.21. The van der Waals surface area contributed by atoms with Crippen molar-refractivity contribution in [2.75, 3.05) is 17.7 Å². The first kappa shape index (κ1) is 21.0. The summed E-state index contributed by atoms with van der Waals surface area (Å²) in [6.45, 7) is 3.90. The molecule has 0 aliphatic heterocycles. The normalized spacial score (nSPS) is 10.9. The summed E-state index contributed by atoms with van der Waals surface area (Å²) in [6, 6.07) is 6.05. The molecule has 1 amide bonds. The minimum atomic E-state index is -0.764. The van der Waals surface area contributed by atoms with Crippen LogP contribution in [-0.4, -0.2) is 32.3 Å². The van der Waals surface area contributed by atoms with Crippen LogP contribution in [0.15, 0.2) is 40.1 Å². The zero-order chi connectivity index (χ0) is 22.0. The van der Waals surface area contributed by atoms with Gasteiger partial charge in [-0.15, -0.1) is 0 Å². The van der Waals surface area contributed by atoms with Gasteiger partial charge in [0, 0.05) is 13.6 Å². The smallest absolute Gasteiger partial charge is 0.330 e. The number of carbonyl (C=O) groups is 1. The number of carbonyl (C=O) groups excluding carboxylic acids is 1. The van der Waals surface area contributed by atoms with Gasteiger partial charge in [0.15, 0.2) is 5.69 Å². The van der Waals surface area contributed by atoms with E-state index in [1.165, 1.54) is 28.6 Å². The molecule has 0 fully saturated rings. The Labute approximate surface area is 171 Å². The van der Waals surface area contributed by atoms with Crippen molar-refractivity contribution in [3.8, 4) is 5.69 Å². The van der Waals surface area contributed by atoms with Gasteiger partial charge in [-0.3, -0.25) is 19.1 Å². The summed E-state index contributed by atoms with van der Waals surface area (Å²) in [5, 5.41) is 4.12. The second-order valence-electron chi connectivity index (χ2n) is 6.87. The first-order valence-corrected chi connectivity index (χ1v) is 9.48. The molecule has 0 radical (unpaired) electrons. The Morgan fingerprint density at radius 1 is 1.30 bits per heavy atom. The first-order chi connectivity index (χ1) is 14.3. The van der Waals surface area contributed by atoms with Gasteiger partial charge in [-0.05, 0) is 25.5 Å². The van der Waals surface area contributed by atoms with Gasteiger partial charge < -0.3 is 10.6 Å². The predicted octanol–water partition coefficient (Wildman–Crippen LogP) is 1.83. The van der Waals surface area contributed by atoms with Crippen LogP contribution < -0.4 is 21.9 Å². The van der Waals surface area contributed by atoms with Gasteiger partial charge in [0.1, 0.15) is 17.3 Å². The average molecular weight is 414 g/mol. The van der Waals surface area contributed by atoms with Crippen LogP contribution in [0.25, 0.3) is 5.69 Å². The maximum Gasteiger partial charge on any atom is 0.330 e. The number of nitrogen functional groups attached to an aromatic ring is 1. The molecule has 2 heterocycles. The van der Waals surface area contributed by atoms with E-state index in [0.29, 0.717) is 18.7 Å². The molecule has 0 spiro atoms. The molecule has 9 nitrogen and oxygen atoms in total. The van der Waals surface area contributed by atoms with E-state index in [0.717, 1.165) is 11.3 Å². The van der Waals surface area contributed by atoms with E-state index in [2.05, 4.69) is 10.1 Å². The highest BCUT2D eigenvalue weighted by atomic mass is 19.1. The lowest BCUT2D eigenvalue weighted by Crippen LogP contribution is -2.39. The van der Waals surface area contributed by atoms with Gasteiger partial charge in [-0.1, -0.05) is 25.5 Å². The molecule has 0 aliphatic carbocycles. The number of amides is 1. The summed E-state index contributed by atoms with van der Waals surface area (Å²) < 4.78 is 16.7. The fourth-order valence-corrected chi connectivity index (χ4v) is 3.21. The van der Waals surface area contributed by atoms with Crippen LogP contribution >= 0.6 is 0 Å². The van der Waals surface area contributed by atoms with Crippen LogP contribution in [0.2, 0.25) is 0 Å². The summed E-state index contributed by atoms with van der Waals surface area (Å²) in [5.74, 6) is -1.14. The van der Waals surface area contributed by atoms with E-state index in [1.54, 1.807) is 25.1 Å². The number of benzene rings is 1. The third-order valence-corrected chi connectivity index (χ3v) is 4.91. The number of aromatic nitrogens is 4. The summed E-state index contributed by atoms with van der Waals surface area (Å²) in [7, 11) is 1.39. The number of H-pyrrole nitrogens is 1. The Morgan fingerprint density at radius 3 is 2.67 bits per heavy atom. The number of anilines is 2. The van der Waals surface area contributed by atoms with Crippen molar-refractivity contribution < 1.29 is 9.18 Å². The number of nitrogens with two attached hydrogens (primary N) is 1. The van der Waals surface area contributed by atoms with E-state index in [9.17, 15) is 18.8 Å². The molecule has 0 unspecified atom stereocenters. The lowest BCUT2D eigenvalue weighted by molar-refractivity contribution is 0.0992. The lowest BCUT2D eigenvalue weighted by Gasteiger charge is -2.20. The highest BCUT2D eigenvalue weighted by Gasteiger charge is 2.25. The van der Waals surface area contributed by atoms with Gasteiger partial charge in [-0.2, -0.15) is 5.10 Å². The first-order valence-electron chi connectivity index (χ1n) is 9.48. The van der Waals surface area contributed by atoms with E-state index in [1.807, 2.05) is 6.92 Å². The quantitative estimate of drug-likeness (QED) is 0.638. The van der Waals surface area contributed by atoms with Crippen molar-refractivity contribution in [2.24, 2.45) is 0 Å². The molecule has 1 aromatic carbocycles. The molecule has 0 saturated heterocycles. The van der Waals surface area contributed by atoms with E-state index in [-0.39, 0.29) is 22.8 Å². The zero-order valence-corrected chi connectivity index (χ0v) is 17.0. The van der Waals surface area contributed by atoms with Crippen molar-refractivity contribution >= 4 is 17.4 Å². The van der Waals surface area contributed by atoms with Crippen LogP contribution in [0.3, 0.4) is 0 Å². The van der Waals surface area contributed by atoms with Crippen LogP contribution in [0.5, 0.6) is 0 Å². The van der Waals surface area contributed by atoms with Gasteiger partial charge in [0.25, 0.3) is 11.5 Å². The van der Waals surface area contributed by atoms with Crippen molar-refractivity contribution in [3.05, 3.63) is 68.4 Å². The van der Waals surface area contributed by atoms with Crippen molar-refractivity contribution in [3.63, 3.8) is 0 Å².